The Morgan fingerprint density at radius 2 is 0.966 bits per heavy atom. The molecule has 8 aromatic rings. The third-order valence-corrected chi connectivity index (χ3v) is 8.93. The smallest absolute Gasteiger partial charge is 0.850 e. The fraction of sp³-hybridized carbons (Fsp3) is 0.152. The predicted octanol–water partition coefficient (Wildman–Crippen LogP) is 7.91. The van der Waals surface area contributed by atoms with Gasteiger partial charge in [0.2, 0.25) is 5.78 Å². The van der Waals surface area contributed by atoms with Crippen molar-refractivity contribution in [2.24, 2.45) is 5.11 Å². The molecule has 0 aliphatic carbocycles. The zero-order valence-electron chi connectivity index (χ0n) is 32.8. The minimum absolute atomic E-state index is 0. The van der Waals surface area contributed by atoms with Gasteiger partial charge in [-0.1, -0.05) is 98.7 Å². The largest absolute Gasteiger partial charge is 1.00 e. The van der Waals surface area contributed by atoms with Gasteiger partial charge in [-0.15, -0.1) is 5.60 Å². The first-order chi connectivity index (χ1) is 27.7. The van der Waals surface area contributed by atoms with E-state index in [1.165, 1.54) is 6.07 Å². The summed E-state index contributed by atoms with van der Waals surface area (Å²) in [6.45, 7) is 4.73. The number of ketones is 3. The minimum Gasteiger partial charge on any atom is -0.850 e. The van der Waals surface area contributed by atoms with Gasteiger partial charge in [0, 0.05) is 49.0 Å². The van der Waals surface area contributed by atoms with Crippen LogP contribution in [0.5, 0.6) is 0 Å². The number of azide groups is 1. The van der Waals surface area contributed by atoms with E-state index in [1.54, 1.807) is 39.0 Å². The number of halogens is 3. The van der Waals surface area contributed by atoms with Gasteiger partial charge in [0.1, 0.15) is 0 Å². The molecule has 13 heteroatoms. The zero-order chi connectivity index (χ0) is 41.6. The van der Waals surface area contributed by atoms with Crippen LogP contribution >= 0.6 is 0 Å². The summed E-state index contributed by atoms with van der Waals surface area (Å²) in [4.78, 5) is 38.2. The number of para-hydroxylation sites is 4. The van der Waals surface area contributed by atoms with Gasteiger partial charge in [-0.25, -0.2) is 0 Å². The second kappa shape index (κ2) is 19.1. The second-order valence-corrected chi connectivity index (χ2v) is 14.3. The van der Waals surface area contributed by atoms with Crippen LogP contribution < -0.4 is 56.5 Å². The maximum Gasteiger partial charge on any atom is 1.00 e. The number of nitrogens with zero attached hydrogens (tertiary/aromatic N) is 5. The van der Waals surface area contributed by atoms with E-state index in [9.17, 15) is 32.7 Å². The van der Waals surface area contributed by atoms with Gasteiger partial charge in [0.15, 0.2) is 11.6 Å². The maximum absolute atomic E-state index is 12.5. The van der Waals surface area contributed by atoms with E-state index < -0.39 is 29.8 Å². The zero-order valence-corrected chi connectivity index (χ0v) is 35.9. The van der Waals surface area contributed by atoms with Gasteiger partial charge in [-0.2, -0.15) is 13.2 Å². The molecule has 292 valence electrons. The Hall–Kier alpha value is -5.37. The molecule has 0 saturated carbocycles. The monoisotopic (exact) mass is 819 g/mol. The Morgan fingerprint density at radius 1 is 0.593 bits per heavy atom. The molecule has 0 spiro atoms. The van der Waals surface area contributed by atoms with E-state index in [1.807, 2.05) is 102 Å². The van der Waals surface area contributed by atoms with Crippen LogP contribution in [0.2, 0.25) is 0 Å². The molecule has 0 fully saturated rings. The summed E-state index contributed by atoms with van der Waals surface area (Å²) in [5, 5.41) is 17.2. The van der Waals surface area contributed by atoms with Crippen LogP contribution in [-0.4, -0.2) is 44.8 Å². The Morgan fingerprint density at radius 3 is 1.37 bits per heavy atom. The molecule has 0 aliphatic heterocycles. The Bertz CT molecular complexity index is 2830. The molecule has 9 nitrogen and oxygen atoms in total. The molecule has 2 heterocycles. The van der Waals surface area contributed by atoms with Gasteiger partial charge in [-0.3, -0.25) is 14.4 Å². The first kappa shape index (κ1) is 44.7. The summed E-state index contributed by atoms with van der Waals surface area (Å²) >= 11 is 0. The van der Waals surface area contributed by atoms with Crippen LogP contribution in [-0.2, 0) is 4.79 Å². The third kappa shape index (κ3) is 10.6. The molecule has 0 radical (unpaired) electrons. The number of benzene rings is 6. The molecule has 0 saturated heterocycles. The first-order valence-corrected chi connectivity index (χ1v) is 18.2. The number of hydrogen-bond donors (Lipinski definition) is 0. The van der Waals surface area contributed by atoms with Crippen LogP contribution in [0.3, 0.4) is 0 Å². The quantitative estimate of drug-likeness (QED) is 0.0385. The normalized spacial score (nSPS) is 11.2. The van der Waals surface area contributed by atoms with E-state index in [2.05, 4.69) is 38.9 Å². The van der Waals surface area contributed by atoms with Crippen LogP contribution in [0.15, 0.2) is 151 Å². The van der Waals surface area contributed by atoms with E-state index in [0.717, 1.165) is 55.0 Å². The molecule has 0 N–H and O–H groups in total. The average Bonchev–Trinajstić information content (AvgIpc) is 3.72. The first-order valence-electron chi connectivity index (χ1n) is 18.2. The molecule has 8 rings (SSSR count). The molecular weight excluding hydrogens is 783 g/mol. The maximum atomic E-state index is 12.5. The van der Waals surface area contributed by atoms with Crippen molar-refractivity contribution < 1.29 is 84.0 Å². The van der Waals surface area contributed by atoms with Gasteiger partial charge in [0.05, 0.1) is 35.0 Å². The van der Waals surface area contributed by atoms with E-state index in [-0.39, 0.29) is 69.3 Å². The van der Waals surface area contributed by atoms with Crippen LogP contribution in [0.25, 0.3) is 65.4 Å². The molecule has 2 aromatic heterocycles. The number of carbonyl (C=O) groups is 3. The fourth-order valence-corrected chi connectivity index (χ4v) is 6.54. The summed E-state index contributed by atoms with van der Waals surface area (Å²) in [5.74, 6) is -3.07. The third-order valence-electron chi connectivity index (χ3n) is 8.93. The van der Waals surface area contributed by atoms with Crippen LogP contribution in [0.1, 0.15) is 47.9 Å². The number of alkyl halides is 3. The molecule has 0 bridgehead atoms. The number of Topliss-reactive ketones (excluding diaryl/α,β-unsaturated/α-hetero) is 3. The van der Waals surface area contributed by atoms with Crippen molar-refractivity contribution in [3.05, 3.63) is 167 Å². The van der Waals surface area contributed by atoms with Gasteiger partial charge >= 0.3 is 57.6 Å². The summed E-state index contributed by atoms with van der Waals surface area (Å²) in [6, 6.07) is 45.8. The summed E-state index contributed by atoms with van der Waals surface area (Å²) in [6.07, 6.45) is -6.20. The van der Waals surface area contributed by atoms with Crippen molar-refractivity contribution in [1.82, 2.24) is 9.13 Å². The van der Waals surface area contributed by atoms with Gasteiger partial charge < -0.3 is 14.2 Å². The van der Waals surface area contributed by atoms with Crippen molar-refractivity contribution >= 4 is 61.0 Å². The standard InChI is InChI=1S/C22H14F3NO2.C20H14N4O.C4H9O.K/c23-22(24,25)21(28)13-20(27)14-10-11-19-17(12-14)16-8-4-5-9-18(16)26(19)15-6-2-1-3-7-15;21-23-22-13-20(25)14-10-11-19-17(12-14)16-8-4-5-9-18(16)24(19)15-6-2-1-3-7-15;1-4(2,3)5;/h1-12H,13H2;1-12H,13H2;1-3H3;/q;;-1;+1. The van der Waals surface area contributed by atoms with Gasteiger partial charge in [0.25, 0.3) is 0 Å². The molecule has 0 amide bonds. The van der Waals surface area contributed by atoms with E-state index >= 15 is 0 Å². The van der Waals surface area contributed by atoms with E-state index in [0.29, 0.717) is 5.56 Å². The van der Waals surface area contributed by atoms with Crippen molar-refractivity contribution in [2.45, 2.75) is 39.0 Å². The molecule has 59 heavy (non-hydrogen) atoms. The van der Waals surface area contributed by atoms with Crippen LogP contribution in [0.4, 0.5) is 13.2 Å². The summed E-state index contributed by atoms with van der Waals surface area (Å²) in [7, 11) is 0. The molecule has 6 aromatic carbocycles. The Kier molecular flexibility index (Phi) is 14.5. The number of hydrogen-bond acceptors (Lipinski definition) is 5. The minimum atomic E-state index is -5.01. The molecular formula is C46H37F3KN5O4. The van der Waals surface area contributed by atoms with Crippen molar-refractivity contribution in [3.63, 3.8) is 0 Å². The number of rotatable bonds is 8. The molecule has 0 unspecified atom stereocenters. The summed E-state index contributed by atoms with van der Waals surface area (Å²) in [5.41, 5.74) is 14.2. The van der Waals surface area contributed by atoms with Crippen molar-refractivity contribution in [2.75, 3.05) is 6.54 Å². The summed E-state index contributed by atoms with van der Waals surface area (Å²) < 4.78 is 41.6. The average molecular weight is 820 g/mol. The molecule has 0 atom stereocenters. The molecule has 0 aliphatic rings. The van der Waals surface area contributed by atoms with Gasteiger partial charge in [-0.05, 0) is 78.3 Å². The van der Waals surface area contributed by atoms with Crippen LogP contribution in [0, 0.1) is 0 Å². The second-order valence-electron chi connectivity index (χ2n) is 14.3. The number of aromatic nitrogens is 2. The van der Waals surface area contributed by atoms with Crippen molar-refractivity contribution in [3.8, 4) is 11.4 Å². The Balaban J connectivity index is 0.000000199. The number of fused-ring (bicyclic) bond motifs is 6. The Labute approximate surface area is 380 Å². The fourth-order valence-electron chi connectivity index (χ4n) is 6.54. The van der Waals surface area contributed by atoms with E-state index in [4.69, 9.17) is 5.53 Å². The predicted molar refractivity (Wildman–Crippen MR) is 220 cm³/mol. The number of carbonyl (C=O) groups excluding carboxylic acids is 3. The SMILES string of the molecule is CC(C)(C)[O-].O=C(CC(=O)C(F)(F)F)c1ccc2c(c1)c1ccccc1n2-c1ccccc1.[K+].[N-]=[N+]=NCC(=O)c1ccc2c(c1)c1ccccc1n2-c1ccccc1. The van der Waals surface area contributed by atoms with Crippen molar-refractivity contribution in [1.29, 1.82) is 0 Å². The topological polar surface area (TPSA) is 133 Å².